The van der Waals surface area contributed by atoms with Crippen molar-refractivity contribution in [2.75, 3.05) is 12.3 Å². The lowest BCUT2D eigenvalue weighted by Gasteiger charge is -2.14. The fraction of sp³-hybridized carbons (Fsp3) is 0.333. The SMILES string of the molecule is [B]P(OCCC)Oc1ccc(N)cc1. The number of benzene rings is 1. The smallest absolute Gasteiger partial charge is 0.208 e. The molecule has 0 saturated heterocycles. The number of anilines is 1. The van der Waals surface area contributed by atoms with Crippen LogP contribution < -0.4 is 10.3 Å². The van der Waals surface area contributed by atoms with E-state index in [9.17, 15) is 0 Å². The number of nitrogens with two attached hydrogens (primary N) is 1. The second-order valence-corrected chi connectivity index (χ2v) is 3.79. The number of hydrogen-bond donors (Lipinski definition) is 1. The van der Waals surface area contributed by atoms with E-state index in [1.807, 2.05) is 6.92 Å². The zero-order valence-corrected chi connectivity index (χ0v) is 9.04. The lowest BCUT2D eigenvalue weighted by Crippen LogP contribution is -1.94. The molecule has 0 heterocycles. The van der Waals surface area contributed by atoms with Gasteiger partial charge in [-0.3, -0.25) is 0 Å². The van der Waals surface area contributed by atoms with Crippen molar-refractivity contribution >= 4 is 21.5 Å². The minimum atomic E-state index is -1.31. The van der Waals surface area contributed by atoms with Gasteiger partial charge in [0.2, 0.25) is 7.57 Å². The maximum atomic E-state index is 5.62. The average molecular weight is 209 g/mol. The van der Waals surface area contributed by atoms with Gasteiger partial charge in [0.1, 0.15) is 5.75 Å². The van der Waals surface area contributed by atoms with Gasteiger partial charge in [-0.25, -0.2) is 0 Å². The van der Waals surface area contributed by atoms with Crippen LogP contribution >= 0.6 is 8.25 Å². The van der Waals surface area contributed by atoms with Crippen LogP contribution in [0.25, 0.3) is 0 Å². The van der Waals surface area contributed by atoms with E-state index in [1.165, 1.54) is 0 Å². The van der Waals surface area contributed by atoms with Gasteiger partial charge >= 0.3 is 0 Å². The Morgan fingerprint density at radius 1 is 1.36 bits per heavy atom. The summed E-state index contributed by atoms with van der Waals surface area (Å²) in [5, 5.41) is 0. The van der Waals surface area contributed by atoms with Crippen LogP contribution in [0.1, 0.15) is 13.3 Å². The second-order valence-electron chi connectivity index (χ2n) is 2.78. The standard InChI is InChI=1S/C9H13BNO2P/c1-2-7-12-14(10)13-9-5-3-8(11)4-6-9/h3-6H,2,7,11H2,1H3. The highest BCUT2D eigenvalue weighted by Crippen LogP contribution is 2.34. The molecule has 0 aliphatic rings. The van der Waals surface area contributed by atoms with Crippen molar-refractivity contribution in [3.8, 4) is 5.75 Å². The van der Waals surface area contributed by atoms with Crippen molar-refractivity contribution in [3.63, 3.8) is 0 Å². The summed E-state index contributed by atoms with van der Waals surface area (Å²) in [6.07, 6.45) is 0.932. The number of rotatable bonds is 5. The minimum absolute atomic E-state index is 0.622. The molecule has 0 amide bonds. The third-order valence-corrected chi connectivity index (χ3v) is 2.33. The zero-order valence-electron chi connectivity index (χ0n) is 8.14. The maximum Gasteiger partial charge on any atom is 0.208 e. The predicted molar refractivity (Wildman–Crippen MR) is 60.4 cm³/mol. The zero-order chi connectivity index (χ0) is 10.4. The third-order valence-electron chi connectivity index (χ3n) is 1.50. The Kier molecular flexibility index (Phi) is 4.78. The fourth-order valence-corrected chi connectivity index (χ4v) is 1.58. The van der Waals surface area contributed by atoms with Crippen LogP contribution in [-0.2, 0) is 4.52 Å². The predicted octanol–water partition coefficient (Wildman–Crippen LogP) is 2.47. The molecule has 1 aromatic carbocycles. The highest BCUT2D eigenvalue weighted by Gasteiger charge is 2.03. The lowest BCUT2D eigenvalue weighted by atomic mass is 10.3. The number of hydrogen-bond acceptors (Lipinski definition) is 3. The molecular weight excluding hydrogens is 196 g/mol. The topological polar surface area (TPSA) is 44.5 Å². The van der Waals surface area contributed by atoms with Gasteiger partial charge in [0.25, 0.3) is 0 Å². The average Bonchev–Trinajstić information content (AvgIpc) is 2.18. The molecule has 2 radical (unpaired) electrons. The van der Waals surface area contributed by atoms with Crippen molar-refractivity contribution in [1.82, 2.24) is 0 Å². The summed E-state index contributed by atoms with van der Waals surface area (Å²) in [6.45, 7) is 2.64. The van der Waals surface area contributed by atoms with Crippen LogP contribution in [-0.4, -0.2) is 14.2 Å². The summed E-state index contributed by atoms with van der Waals surface area (Å²) < 4.78 is 10.6. The second kappa shape index (κ2) is 5.89. The Hall–Kier alpha value is -0.725. The van der Waals surface area contributed by atoms with Crippen LogP contribution in [0.15, 0.2) is 24.3 Å². The Bertz CT molecular complexity index is 268. The maximum absolute atomic E-state index is 5.62. The van der Waals surface area contributed by atoms with Crippen molar-refractivity contribution in [1.29, 1.82) is 0 Å². The Morgan fingerprint density at radius 3 is 2.57 bits per heavy atom. The van der Waals surface area contributed by atoms with E-state index in [-0.39, 0.29) is 0 Å². The van der Waals surface area contributed by atoms with Gasteiger partial charge in [-0.15, -0.1) is 0 Å². The van der Waals surface area contributed by atoms with E-state index in [1.54, 1.807) is 24.3 Å². The molecule has 0 aliphatic heterocycles. The van der Waals surface area contributed by atoms with Crippen LogP contribution in [0.5, 0.6) is 5.75 Å². The molecule has 2 N–H and O–H groups in total. The van der Waals surface area contributed by atoms with Crippen molar-refractivity contribution in [2.45, 2.75) is 13.3 Å². The molecule has 0 fully saturated rings. The third kappa shape index (κ3) is 3.99. The molecular formula is C9H13BNO2P. The summed E-state index contributed by atoms with van der Waals surface area (Å²) in [5.41, 5.74) is 6.23. The highest BCUT2D eigenvalue weighted by molar-refractivity contribution is 7.74. The fourth-order valence-electron chi connectivity index (χ4n) is 0.840. The van der Waals surface area contributed by atoms with Crippen molar-refractivity contribution < 1.29 is 9.05 Å². The normalized spacial score (nSPS) is 12.4. The quantitative estimate of drug-likeness (QED) is 0.460. The molecule has 14 heavy (non-hydrogen) atoms. The van der Waals surface area contributed by atoms with Crippen molar-refractivity contribution in [3.05, 3.63) is 24.3 Å². The first-order valence-corrected chi connectivity index (χ1v) is 5.68. The molecule has 0 spiro atoms. The Labute approximate surface area is 86.9 Å². The van der Waals surface area contributed by atoms with Gasteiger partial charge < -0.3 is 14.8 Å². The lowest BCUT2D eigenvalue weighted by molar-refractivity contribution is 0.324. The van der Waals surface area contributed by atoms with Crippen molar-refractivity contribution in [2.24, 2.45) is 0 Å². The molecule has 1 atom stereocenters. The highest BCUT2D eigenvalue weighted by atomic mass is 31.2. The molecule has 0 bridgehead atoms. The van der Waals surface area contributed by atoms with Crippen LogP contribution in [0.4, 0.5) is 5.69 Å². The van der Waals surface area contributed by atoms with Gasteiger partial charge in [-0.05, 0) is 30.7 Å². The summed E-state index contributed by atoms with van der Waals surface area (Å²) >= 11 is 0. The van der Waals surface area contributed by atoms with Gasteiger partial charge in [0.05, 0.1) is 6.61 Å². The molecule has 0 saturated carbocycles. The monoisotopic (exact) mass is 209 g/mol. The largest absolute Gasteiger partial charge is 0.458 e. The Balaban J connectivity index is 2.39. The van der Waals surface area contributed by atoms with Gasteiger partial charge in [-0.1, -0.05) is 6.92 Å². The van der Waals surface area contributed by atoms with E-state index < -0.39 is 8.25 Å². The van der Waals surface area contributed by atoms with E-state index in [2.05, 4.69) is 0 Å². The van der Waals surface area contributed by atoms with Crippen LogP contribution in [0.3, 0.4) is 0 Å². The van der Waals surface area contributed by atoms with Crippen LogP contribution in [0, 0.1) is 0 Å². The summed E-state index contributed by atoms with van der Waals surface area (Å²) in [4.78, 5) is 0. The summed E-state index contributed by atoms with van der Waals surface area (Å²) in [7, 11) is 4.31. The molecule has 0 aromatic heterocycles. The van der Waals surface area contributed by atoms with Crippen LogP contribution in [0.2, 0.25) is 0 Å². The molecule has 74 valence electrons. The van der Waals surface area contributed by atoms with E-state index in [4.69, 9.17) is 22.3 Å². The molecule has 3 nitrogen and oxygen atoms in total. The van der Waals surface area contributed by atoms with Gasteiger partial charge in [0, 0.05) is 5.69 Å². The van der Waals surface area contributed by atoms with E-state index in [0.717, 1.165) is 6.42 Å². The van der Waals surface area contributed by atoms with Gasteiger partial charge in [0.15, 0.2) is 8.25 Å². The minimum Gasteiger partial charge on any atom is -0.458 e. The van der Waals surface area contributed by atoms with E-state index in [0.29, 0.717) is 18.0 Å². The first kappa shape index (κ1) is 11.4. The summed E-state index contributed by atoms with van der Waals surface area (Å²) in [5.74, 6) is 0.684. The molecule has 1 unspecified atom stereocenters. The summed E-state index contributed by atoms with van der Waals surface area (Å²) in [6, 6.07) is 7.07. The molecule has 0 aliphatic carbocycles. The first-order chi connectivity index (χ1) is 6.72. The van der Waals surface area contributed by atoms with E-state index >= 15 is 0 Å². The number of nitrogen functional groups attached to an aromatic ring is 1. The molecule has 1 aromatic rings. The molecule has 1 rings (SSSR count). The Morgan fingerprint density at radius 2 is 2.00 bits per heavy atom. The van der Waals surface area contributed by atoms with Gasteiger partial charge in [-0.2, -0.15) is 0 Å². The first-order valence-electron chi connectivity index (χ1n) is 4.43. The molecule has 5 heteroatoms.